The Kier molecular flexibility index (Phi) is 5.52. The second kappa shape index (κ2) is 7.85. The molecule has 0 radical (unpaired) electrons. The summed E-state index contributed by atoms with van der Waals surface area (Å²) in [5.41, 5.74) is -0.386. The van der Waals surface area contributed by atoms with E-state index >= 15 is 0 Å². The van der Waals surface area contributed by atoms with Crippen molar-refractivity contribution < 1.29 is 18.0 Å². The number of sulfonamides is 1. The van der Waals surface area contributed by atoms with Gasteiger partial charge in [-0.05, 0) is 44.2 Å². The summed E-state index contributed by atoms with van der Waals surface area (Å²) in [4.78, 5) is 29.6. The molecule has 8 nitrogen and oxygen atoms in total. The first-order valence-electron chi connectivity index (χ1n) is 10.7. The number of carbonyl (C=O) groups is 2. The van der Waals surface area contributed by atoms with Gasteiger partial charge >= 0.3 is 0 Å². The van der Waals surface area contributed by atoms with E-state index in [1.807, 2.05) is 4.90 Å². The van der Waals surface area contributed by atoms with Crippen molar-refractivity contribution in [2.75, 3.05) is 25.0 Å². The van der Waals surface area contributed by atoms with Gasteiger partial charge in [-0.3, -0.25) is 9.59 Å². The second-order valence-electron chi connectivity index (χ2n) is 8.85. The molecule has 3 heterocycles. The van der Waals surface area contributed by atoms with Gasteiger partial charge in [-0.1, -0.05) is 19.1 Å². The highest BCUT2D eigenvalue weighted by atomic mass is 32.2. The molecular weight excluding hydrogens is 404 g/mol. The van der Waals surface area contributed by atoms with Crippen LogP contribution in [0.15, 0.2) is 29.2 Å². The largest absolute Gasteiger partial charge is 0.365 e. The summed E-state index contributed by atoms with van der Waals surface area (Å²) >= 11 is 0. The summed E-state index contributed by atoms with van der Waals surface area (Å²) in [6.07, 6.45) is 3.00. The molecule has 0 unspecified atom stereocenters. The fourth-order valence-corrected chi connectivity index (χ4v) is 6.39. The van der Waals surface area contributed by atoms with Crippen molar-refractivity contribution in [1.82, 2.24) is 14.5 Å². The number of rotatable bonds is 2. The van der Waals surface area contributed by atoms with Crippen molar-refractivity contribution >= 4 is 27.5 Å². The lowest BCUT2D eigenvalue weighted by atomic mass is 9.99. The topological polar surface area (TPSA) is 98.8 Å². The summed E-state index contributed by atoms with van der Waals surface area (Å²) < 4.78 is 28.4. The molecule has 1 aromatic carbocycles. The Morgan fingerprint density at radius 2 is 2.00 bits per heavy atom. The minimum absolute atomic E-state index is 0.0200. The summed E-state index contributed by atoms with van der Waals surface area (Å²) in [5.74, 6) is 0.338. The lowest BCUT2D eigenvalue weighted by molar-refractivity contribution is -0.145. The SMILES string of the molecule is C[C@@H]1CCCN(C(=O)[C@@H](C)N2CC[C@@]3(CCC2=O)Nc2ccccc2S(=O)(=O)N3)C1. The highest BCUT2D eigenvalue weighted by Crippen LogP contribution is 2.35. The molecule has 3 atom stereocenters. The fourth-order valence-electron chi connectivity index (χ4n) is 4.85. The maximum absolute atomic E-state index is 13.0. The van der Waals surface area contributed by atoms with Crippen molar-refractivity contribution in [1.29, 1.82) is 0 Å². The van der Waals surface area contributed by atoms with Crippen LogP contribution in [0.5, 0.6) is 0 Å². The van der Waals surface area contributed by atoms with Crippen LogP contribution in [0.25, 0.3) is 0 Å². The average molecular weight is 435 g/mol. The second-order valence-corrected chi connectivity index (χ2v) is 10.5. The number of hydrogen-bond donors (Lipinski definition) is 2. The number of para-hydroxylation sites is 1. The van der Waals surface area contributed by atoms with Crippen molar-refractivity contribution in [3.63, 3.8) is 0 Å². The highest BCUT2D eigenvalue weighted by molar-refractivity contribution is 7.89. The van der Waals surface area contributed by atoms with Crippen LogP contribution in [-0.4, -0.2) is 61.4 Å². The van der Waals surface area contributed by atoms with Gasteiger partial charge in [0, 0.05) is 32.5 Å². The van der Waals surface area contributed by atoms with E-state index in [4.69, 9.17) is 0 Å². The molecule has 2 fully saturated rings. The van der Waals surface area contributed by atoms with Crippen molar-refractivity contribution in [3.8, 4) is 0 Å². The molecule has 164 valence electrons. The fraction of sp³-hybridized carbons (Fsp3) is 0.619. The number of carbonyl (C=O) groups excluding carboxylic acids is 2. The van der Waals surface area contributed by atoms with Crippen LogP contribution in [0.2, 0.25) is 0 Å². The molecule has 1 aromatic rings. The van der Waals surface area contributed by atoms with Gasteiger partial charge < -0.3 is 15.1 Å². The molecule has 0 bridgehead atoms. The Morgan fingerprint density at radius 3 is 2.77 bits per heavy atom. The van der Waals surface area contributed by atoms with Gasteiger partial charge in [0.25, 0.3) is 0 Å². The maximum Gasteiger partial charge on any atom is 0.245 e. The maximum atomic E-state index is 13.0. The minimum Gasteiger partial charge on any atom is -0.365 e. The summed E-state index contributed by atoms with van der Waals surface area (Å²) in [7, 11) is -3.68. The van der Waals surface area contributed by atoms with Gasteiger partial charge in [-0.15, -0.1) is 0 Å². The zero-order valence-corrected chi connectivity index (χ0v) is 18.4. The molecule has 0 aliphatic carbocycles. The Labute approximate surface area is 178 Å². The van der Waals surface area contributed by atoms with Crippen LogP contribution in [0.3, 0.4) is 0 Å². The normalized spacial score (nSPS) is 29.7. The first-order chi connectivity index (χ1) is 14.2. The summed E-state index contributed by atoms with van der Waals surface area (Å²) in [6, 6.07) is 6.22. The van der Waals surface area contributed by atoms with Crippen molar-refractivity contribution in [2.45, 2.75) is 62.6 Å². The number of amides is 2. The number of benzene rings is 1. The van der Waals surface area contributed by atoms with Crippen LogP contribution in [0.4, 0.5) is 5.69 Å². The zero-order valence-electron chi connectivity index (χ0n) is 17.6. The predicted molar refractivity (Wildman–Crippen MR) is 113 cm³/mol. The van der Waals surface area contributed by atoms with E-state index in [0.29, 0.717) is 31.0 Å². The van der Waals surface area contributed by atoms with Crippen LogP contribution < -0.4 is 10.0 Å². The van der Waals surface area contributed by atoms with Gasteiger partial charge in [0.15, 0.2) is 0 Å². The Bertz CT molecular complexity index is 950. The first kappa shape index (κ1) is 21.1. The molecule has 2 saturated heterocycles. The molecule has 1 spiro atoms. The third-order valence-corrected chi connectivity index (χ3v) is 8.13. The minimum atomic E-state index is -3.68. The first-order valence-corrected chi connectivity index (χ1v) is 12.2. The lowest BCUT2D eigenvalue weighted by Crippen LogP contribution is -2.58. The van der Waals surface area contributed by atoms with Gasteiger partial charge in [-0.2, -0.15) is 4.72 Å². The number of nitrogens with zero attached hydrogens (tertiary/aromatic N) is 2. The van der Waals surface area contributed by atoms with E-state index in [1.54, 1.807) is 36.1 Å². The predicted octanol–water partition coefficient (Wildman–Crippen LogP) is 1.75. The van der Waals surface area contributed by atoms with Gasteiger partial charge in [0.1, 0.15) is 16.6 Å². The lowest BCUT2D eigenvalue weighted by Gasteiger charge is -2.40. The molecule has 0 aromatic heterocycles. The quantitative estimate of drug-likeness (QED) is 0.739. The molecule has 2 amide bonds. The van der Waals surface area contributed by atoms with E-state index in [-0.39, 0.29) is 23.1 Å². The number of nitrogens with one attached hydrogen (secondary N) is 2. The Morgan fingerprint density at radius 1 is 1.23 bits per heavy atom. The third kappa shape index (κ3) is 3.92. The van der Waals surface area contributed by atoms with Crippen molar-refractivity contribution in [2.24, 2.45) is 5.92 Å². The number of hydrogen-bond acceptors (Lipinski definition) is 5. The standard InChI is InChI=1S/C21H30N4O4S/c1-15-6-5-12-24(14-15)20(27)16(2)25-13-11-21(10-9-19(25)26)22-17-7-3-4-8-18(17)30(28,29)23-21/h3-4,7-8,15-16,22-23H,5-6,9-14H2,1-2H3/t15-,16-,21+/m1/s1. The number of likely N-dealkylation sites (tertiary alicyclic amines) is 2. The molecule has 3 aliphatic heterocycles. The van der Waals surface area contributed by atoms with E-state index in [0.717, 1.165) is 25.9 Å². The zero-order chi connectivity index (χ0) is 21.5. The van der Waals surface area contributed by atoms with Crippen LogP contribution in [0.1, 0.15) is 46.0 Å². The number of anilines is 1. The third-order valence-electron chi connectivity index (χ3n) is 6.54. The van der Waals surface area contributed by atoms with Gasteiger partial charge in [0.05, 0.1) is 5.69 Å². The van der Waals surface area contributed by atoms with Crippen LogP contribution >= 0.6 is 0 Å². The smallest absolute Gasteiger partial charge is 0.245 e. The van der Waals surface area contributed by atoms with E-state index in [1.165, 1.54) is 0 Å². The van der Waals surface area contributed by atoms with E-state index in [9.17, 15) is 18.0 Å². The monoisotopic (exact) mass is 434 g/mol. The highest BCUT2D eigenvalue weighted by Gasteiger charge is 2.44. The molecule has 4 rings (SSSR count). The molecule has 3 aliphatic rings. The van der Waals surface area contributed by atoms with Gasteiger partial charge in [0.2, 0.25) is 21.8 Å². The summed E-state index contributed by atoms with van der Waals surface area (Å²) in [5, 5.41) is 3.32. The Balaban J connectivity index is 1.52. The van der Waals surface area contributed by atoms with Crippen LogP contribution in [0, 0.1) is 5.92 Å². The Hall–Kier alpha value is -2.13. The van der Waals surface area contributed by atoms with E-state index < -0.39 is 21.7 Å². The molecule has 30 heavy (non-hydrogen) atoms. The van der Waals surface area contributed by atoms with Gasteiger partial charge in [-0.25, -0.2) is 8.42 Å². The molecule has 9 heteroatoms. The number of fused-ring (bicyclic) bond motifs is 1. The molecule has 2 N–H and O–H groups in total. The summed E-state index contributed by atoms with van der Waals surface area (Å²) in [6.45, 7) is 5.70. The van der Waals surface area contributed by atoms with Crippen molar-refractivity contribution in [3.05, 3.63) is 24.3 Å². The molecular formula is C21H30N4O4S. The van der Waals surface area contributed by atoms with Crippen LogP contribution in [-0.2, 0) is 19.6 Å². The molecule has 0 saturated carbocycles. The average Bonchev–Trinajstić information content (AvgIpc) is 2.85. The van der Waals surface area contributed by atoms with E-state index in [2.05, 4.69) is 17.0 Å². The number of piperidine rings is 1.